The molecule has 3 aliphatic rings. The number of halogens is 2. The van der Waals surface area contributed by atoms with Crippen LogP contribution >= 0.6 is 9.24 Å². The van der Waals surface area contributed by atoms with Crippen LogP contribution in [0.5, 0.6) is 0 Å². The fourth-order valence-corrected chi connectivity index (χ4v) is 3.34. The van der Waals surface area contributed by atoms with Crippen LogP contribution in [0.4, 0.5) is 8.78 Å². The Bertz CT molecular complexity index is 352. The average molecular weight is 320 g/mol. The molecule has 0 amide bonds. The summed E-state index contributed by atoms with van der Waals surface area (Å²) in [4.78, 5) is 4.43. The van der Waals surface area contributed by atoms with Crippen LogP contribution in [0.25, 0.3) is 0 Å². The van der Waals surface area contributed by atoms with Gasteiger partial charge in [-0.25, -0.2) is 8.78 Å². The smallest absolute Gasteiger partial charge is 0.256 e. The monoisotopic (exact) mass is 320 g/mol. The molecule has 0 aromatic rings. The largest absolute Gasteiger partial charge is 0.307 e. The van der Waals surface area contributed by atoms with E-state index in [-0.39, 0.29) is 6.42 Å². The van der Waals surface area contributed by atoms with E-state index in [0.29, 0.717) is 13.1 Å². The van der Waals surface area contributed by atoms with Gasteiger partial charge in [0.2, 0.25) is 0 Å². The lowest BCUT2D eigenvalue weighted by Gasteiger charge is -2.59. The number of rotatable bonds is 5. The van der Waals surface area contributed by atoms with Gasteiger partial charge in [-0.05, 0) is 51.2 Å². The van der Waals surface area contributed by atoms with Crippen molar-refractivity contribution < 1.29 is 8.78 Å². The quantitative estimate of drug-likeness (QED) is 0.713. The lowest BCUT2D eigenvalue weighted by molar-refractivity contribution is -0.255. The zero-order valence-corrected chi connectivity index (χ0v) is 15.0. The molecule has 2 nitrogen and oxygen atoms in total. The molecule has 0 aromatic heterocycles. The number of likely N-dealkylation sites (tertiary alicyclic amines) is 1. The van der Waals surface area contributed by atoms with Crippen molar-refractivity contribution >= 4 is 9.24 Å². The molecule has 1 aliphatic heterocycles. The van der Waals surface area contributed by atoms with Crippen molar-refractivity contribution in [1.29, 1.82) is 0 Å². The van der Waals surface area contributed by atoms with E-state index in [1.807, 2.05) is 4.90 Å². The molecule has 1 spiro atoms. The Morgan fingerprint density at radius 3 is 2.10 bits per heavy atom. The van der Waals surface area contributed by atoms with Crippen molar-refractivity contribution in [2.24, 2.45) is 10.8 Å². The minimum Gasteiger partial charge on any atom is -0.307 e. The third-order valence-electron chi connectivity index (χ3n) is 5.74. The van der Waals surface area contributed by atoms with Crippen LogP contribution in [0.1, 0.15) is 46.0 Å². The van der Waals surface area contributed by atoms with Gasteiger partial charge in [-0.2, -0.15) is 0 Å². The van der Waals surface area contributed by atoms with Gasteiger partial charge in [-0.3, -0.25) is 4.90 Å². The van der Waals surface area contributed by atoms with Gasteiger partial charge in [-0.1, -0.05) is 13.8 Å². The van der Waals surface area contributed by atoms with Gasteiger partial charge in [0.05, 0.1) is 5.41 Å². The first-order chi connectivity index (χ1) is 9.76. The van der Waals surface area contributed by atoms with Gasteiger partial charge >= 0.3 is 0 Å². The van der Waals surface area contributed by atoms with E-state index in [0.717, 1.165) is 18.1 Å². The van der Waals surface area contributed by atoms with Crippen LogP contribution in [0.2, 0.25) is 0 Å². The summed E-state index contributed by atoms with van der Waals surface area (Å²) < 4.78 is 25.8. The molecule has 124 valence electrons. The van der Waals surface area contributed by atoms with E-state index in [1.165, 1.54) is 32.4 Å². The van der Waals surface area contributed by atoms with Crippen molar-refractivity contribution in [1.82, 2.24) is 9.80 Å². The highest BCUT2D eigenvalue weighted by molar-refractivity contribution is 7.16. The highest BCUT2D eigenvalue weighted by atomic mass is 31.0. The highest BCUT2D eigenvalue weighted by Crippen LogP contribution is 2.58. The zero-order valence-electron chi connectivity index (χ0n) is 13.8. The molecule has 3 fully saturated rings. The minimum absolute atomic E-state index is 0.109. The Morgan fingerprint density at radius 2 is 1.76 bits per heavy atom. The molecular formula is C16H31F2N2P. The Kier molecular flexibility index (Phi) is 5.33. The number of alkyl halides is 2. The first-order valence-electron chi connectivity index (χ1n) is 8.25. The van der Waals surface area contributed by atoms with Crippen LogP contribution in [-0.2, 0) is 0 Å². The topological polar surface area (TPSA) is 6.48 Å². The summed E-state index contributed by atoms with van der Waals surface area (Å²) in [5.41, 5.74) is 0.132. The maximum atomic E-state index is 12.9. The van der Waals surface area contributed by atoms with Crippen molar-refractivity contribution in [2.75, 3.05) is 39.5 Å². The maximum absolute atomic E-state index is 12.9. The molecule has 1 heterocycles. The summed E-state index contributed by atoms with van der Waals surface area (Å²) >= 11 is 0. The molecule has 0 aromatic carbocycles. The minimum atomic E-state index is -2.36. The molecule has 3 rings (SSSR count). The zero-order chi connectivity index (χ0) is 15.7. The van der Waals surface area contributed by atoms with Gasteiger partial charge in [0, 0.05) is 25.8 Å². The molecular weight excluding hydrogens is 289 g/mol. The third-order valence-corrected chi connectivity index (χ3v) is 6.26. The van der Waals surface area contributed by atoms with E-state index < -0.39 is 11.3 Å². The van der Waals surface area contributed by atoms with Crippen LogP contribution in [0, 0.1) is 10.8 Å². The summed E-state index contributed by atoms with van der Waals surface area (Å²) in [5, 5.41) is 0. The molecule has 5 heteroatoms. The van der Waals surface area contributed by atoms with Crippen molar-refractivity contribution in [2.45, 2.75) is 51.9 Å². The summed E-state index contributed by atoms with van der Waals surface area (Å²) in [6.45, 7) is 8.29. The van der Waals surface area contributed by atoms with Crippen LogP contribution in [-0.4, -0.2) is 55.2 Å². The number of nitrogens with zero attached hydrogens (tertiary/aromatic N) is 2. The van der Waals surface area contributed by atoms with E-state index in [4.69, 9.17) is 0 Å². The highest BCUT2D eigenvalue weighted by Gasteiger charge is 2.66. The summed E-state index contributed by atoms with van der Waals surface area (Å²) in [7, 11) is 4.77. The lowest BCUT2D eigenvalue weighted by Crippen LogP contribution is -2.69. The van der Waals surface area contributed by atoms with Crippen LogP contribution in [0.15, 0.2) is 0 Å². The second-order valence-corrected chi connectivity index (χ2v) is 7.98. The van der Waals surface area contributed by atoms with Gasteiger partial charge < -0.3 is 4.90 Å². The van der Waals surface area contributed by atoms with E-state index in [9.17, 15) is 8.78 Å². The molecule has 21 heavy (non-hydrogen) atoms. The Morgan fingerprint density at radius 1 is 1.14 bits per heavy atom. The predicted octanol–water partition coefficient (Wildman–Crippen LogP) is 3.68. The normalized spacial score (nSPS) is 27.6. The van der Waals surface area contributed by atoms with Crippen molar-refractivity contribution in [3.63, 3.8) is 0 Å². The average Bonchev–Trinajstić information content (AvgIpc) is 3.13. The first-order valence-corrected chi connectivity index (χ1v) is 9.06. The molecule has 0 N–H and O–H groups in total. The van der Waals surface area contributed by atoms with Crippen LogP contribution < -0.4 is 0 Å². The molecule has 1 saturated heterocycles. The van der Waals surface area contributed by atoms with Crippen molar-refractivity contribution in [3.8, 4) is 0 Å². The fourth-order valence-electron chi connectivity index (χ4n) is 3.08. The Labute approximate surface area is 130 Å². The summed E-state index contributed by atoms with van der Waals surface area (Å²) in [6.07, 6.45) is 5.99. The first kappa shape index (κ1) is 17.6. The third kappa shape index (κ3) is 3.95. The molecule has 1 unspecified atom stereocenters. The fraction of sp³-hybridized carbons (Fsp3) is 1.00. The summed E-state index contributed by atoms with van der Waals surface area (Å²) in [6, 6.07) is 0. The molecule has 2 aliphatic carbocycles. The second-order valence-electron chi connectivity index (χ2n) is 7.61. The van der Waals surface area contributed by atoms with Gasteiger partial charge in [0.15, 0.2) is 0 Å². The van der Waals surface area contributed by atoms with E-state index in [2.05, 4.69) is 35.0 Å². The molecule has 0 bridgehead atoms. The predicted molar refractivity (Wildman–Crippen MR) is 87.9 cm³/mol. The van der Waals surface area contributed by atoms with Gasteiger partial charge in [0.25, 0.3) is 5.92 Å². The molecule has 2 saturated carbocycles. The van der Waals surface area contributed by atoms with Crippen molar-refractivity contribution in [3.05, 3.63) is 0 Å². The Hall–Kier alpha value is 0.210. The SMILES string of the molecule is CCN(C)CCC1(C)CC1.FC1(F)CCC12CN(CP)C2. The maximum Gasteiger partial charge on any atom is 0.256 e. The number of hydrogen-bond donors (Lipinski definition) is 0. The lowest BCUT2D eigenvalue weighted by atomic mass is 9.60. The molecule has 1 atom stereocenters. The summed E-state index contributed by atoms with van der Waals surface area (Å²) in [5.74, 6) is -2.36. The van der Waals surface area contributed by atoms with Gasteiger partial charge in [-0.15, -0.1) is 9.24 Å². The second kappa shape index (κ2) is 6.37. The Balaban J connectivity index is 0.000000155. The molecule has 0 radical (unpaired) electrons. The standard InChI is InChI=1S/C9H19N.C7H12F2NP/c1-4-10(3)8-7-9(2)5-6-9;8-7(9)2-1-6(7)3-10(4-6)5-11/h4-8H2,1-3H3;1-5,11H2. The van der Waals surface area contributed by atoms with E-state index >= 15 is 0 Å². The number of hydrogen-bond acceptors (Lipinski definition) is 2. The van der Waals surface area contributed by atoms with Gasteiger partial charge in [0.1, 0.15) is 0 Å². The van der Waals surface area contributed by atoms with E-state index in [1.54, 1.807) is 0 Å². The van der Waals surface area contributed by atoms with Crippen LogP contribution in [0.3, 0.4) is 0 Å².